The van der Waals surface area contributed by atoms with Gasteiger partial charge in [0.1, 0.15) is 0 Å². The molecule has 0 aromatic heterocycles. The van der Waals surface area contributed by atoms with Gasteiger partial charge in [0.15, 0.2) is 6.54 Å². The first-order valence-corrected chi connectivity index (χ1v) is 12.0. The molecule has 4 bridgehead atoms. The SMILES string of the molecule is C[C@H](NC(=O)C[NH+]1CCN(C(=O)c2ccccc2)CC1)C12CC3CC(CC(C3)C1)C2. The van der Waals surface area contributed by atoms with Crippen LogP contribution in [0.25, 0.3) is 0 Å². The van der Waals surface area contributed by atoms with Crippen molar-refractivity contribution in [1.29, 1.82) is 0 Å². The van der Waals surface area contributed by atoms with Crippen molar-refractivity contribution in [3.8, 4) is 0 Å². The van der Waals surface area contributed by atoms with Crippen LogP contribution < -0.4 is 10.2 Å². The number of carbonyl (C=O) groups is 2. The molecule has 2 N–H and O–H groups in total. The summed E-state index contributed by atoms with van der Waals surface area (Å²) in [6.45, 7) is 5.93. The smallest absolute Gasteiger partial charge is 0.275 e. The van der Waals surface area contributed by atoms with Gasteiger partial charge in [0.25, 0.3) is 11.8 Å². The minimum absolute atomic E-state index is 0.106. The van der Waals surface area contributed by atoms with Gasteiger partial charge >= 0.3 is 0 Å². The first kappa shape index (κ1) is 20.0. The van der Waals surface area contributed by atoms with E-state index >= 15 is 0 Å². The molecule has 1 heterocycles. The van der Waals surface area contributed by atoms with Crippen LogP contribution in [-0.2, 0) is 4.79 Å². The number of rotatable bonds is 5. The highest BCUT2D eigenvalue weighted by molar-refractivity contribution is 5.94. The lowest BCUT2D eigenvalue weighted by Gasteiger charge is -2.59. The Morgan fingerprint density at radius 2 is 1.60 bits per heavy atom. The molecular weight excluding hydrogens is 374 g/mol. The third kappa shape index (κ3) is 3.89. The largest absolute Gasteiger partial charge is 0.348 e. The summed E-state index contributed by atoms with van der Waals surface area (Å²) in [6.07, 6.45) is 8.30. The van der Waals surface area contributed by atoms with Crippen molar-refractivity contribution in [2.24, 2.45) is 23.2 Å². The van der Waals surface area contributed by atoms with Gasteiger partial charge in [-0.25, -0.2) is 0 Å². The maximum absolute atomic E-state index is 12.8. The molecule has 30 heavy (non-hydrogen) atoms. The van der Waals surface area contributed by atoms with Gasteiger partial charge < -0.3 is 15.1 Å². The van der Waals surface area contributed by atoms with E-state index in [0.29, 0.717) is 18.0 Å². The molecule has 5 heteroatoms. The lowest BCUT2D eigenvalue weighted by Crippen LogP contribution is -3.16. The molecule has 162 valence electrons. The molecule has 1 saturated heterocycles. The normalized spacial score (nSPS) is 34.0. The first-order chi connectivity index (χ1) is 14.5. The fourth-order valence-electron chi connectivity index (χ4n) is 7.35. The number of nitrogens with one attached hydrogen (secondary N) is 2. The summed E-state index contributed by atoms with van der Waals surface area (Å²) in [5.41, 5.74) is 1.11. The number of benzene rings is 1. The van der Waals surface area contributed by atoms with Crippen LogP contribution in [0, 0.1) is 23.2 Å². The first-order valence-electron chi connectivity index (χ1n) is 12.0. The van der Waals surface area contributed by atoms with Crippen molar-refractivity contribution in [1.82, 2.24) is 10.2 Å². The molecule has 1 aromatic rings. The zero-order valence-electron chi connectivity index (χ0n) is 18.2. The van der Waals surface area contributed by atoms with Crippen molar-refractivity contribution < 1.29 is 14.5 Å². The molecule has 0 spiro atoms. The predicted molar refractivity (Wildman–Crippen MR) is 116 cm³/mol. The number of carbonyl (C=O) groups excluding carboxylic acids is 2. The Morgan fingerprint density at radius 1 is 1.03 bits per heavy atom. The molecule has 1 aliphatic heterocycles. The summed E-state index contributed by atoms with van der Waals surface area (Å²) in [5, 5.41) is 3.40. The molecule has 4 saturated carbocycles. The van der Waals surface area contributed by atoms with E-state index in [1.165, 1.54) is 43.4 Å². The number of piperazine rings is 1. The molecule has 6 rings (SSSR count). The number of amides is 2. The molecule has 5 aliphatic rings. The summed E-state index contributed by atoms with van der Waals surface area (Å²) in [4.78, 5) is 28.7. The topological polar surface area (TPSA) is 53.9 Å². The number of quaternary nitrogens is 1. The van der Waals surface area contributed by atoms with Crippen molar-refractivity contribution in [2.45, 2.75) is 51.5 Å². The molecule has 5 fully saturated rings. The van der Waals surface area contributed by atoms with E-state index in [1.807, 2.05) is 35.2 Å². The van der Waals surface area contributed by atoms with E-state index < -0.39 is 0 Å². The third-order valence-electron chi connectivity index (χ3n) is 8.57. The highest BCUT2D eigenvalue weighted by Crippen LogP contribution is 2.61. The quantitative estimate of drug-likeness (QED) is 0.777. The minimum Gasteiger partial charge on any atom is -0.348 e. The third-order valence-corrected chi connectivity index (χ3v) is 8.57. The summed E-state index contributed by atoms with van der Waals surface area (Å²) in [6, 6.07) is 9.79. The van der Waals surface area contributed by atoms with Crippen LogP contribution in [-0.4, -0.2) is 55.5 Å². The molecule has 2 amide bonds. The van der Waals surface area contributed by atoms with Gasteiger partial charge in [0.2, 0.25) is 0 Å². The highest BCUT2D eigenvalue weighted by Gasteiger charge is 2.53. The van der Waals surface area contributed by atoms with Crippen LogP contribution in [0.15, 0.2) is 30.3 Å². The average Bonchev–Trinajstić information content (AvgIpc) is 2.73. The van der Waals surface area contributed by atoms with Crippen LogP contribution in [0.3, 0.4) is 0 Å². The van der Waals surface area contributed by atoms with Crippen molar-refractivity contribution in [2.75, 3.05) is 32.7 Å². The second-order valence-corrected chi connectivity index (χ2v) is 10.7. The minimum atomic E-state index is 0.106. The number of hydrogen-bond acceptors (Lipinski definition) is 2. The van der Waals surface area contributed by atoms with Gasteiger partial charge in [-0.3, -0.25) is 9.59 Å². The average molecular weight is 411 g/mol. The lowest BCUT2D eigenvalue weighted by atomic mass is 9.48. The van der Waals surface area contributed by atoms with Crippen LogP contribution in [0.2, 0.25) is 0 Å². The summed E-state index contributed by atoms with van der Waals surface area (Å²) in [5.74, 6) is 3.04. The van der Waals surface area contributed by atoms with Gasteiger partial charge in [-0.2, -0.15) is 0 Å². The van der Waals surface area contributed by atoms with Gasteiger partial charge in [-0.1, -0.05) is 18.2 Å². The Morgan fingerprint density at radius 3 is 2.17 bits per heavy atom. The molecule has 0 unspecified atom stereocenters. The van der Waals surface area contributed by atoms with Gasteiger partial charge in [-0.15, -0.1) is 0 Å². The number of hydrogen-bond donors (Lipinski definition) is 2. The Hall–Kier alpha value is -1.88. The Bertz CT molecular complexity index is 750. The monoisotopic (exact) mass is 410 g/mol. The maximum atomic E-state index is 12.8. The van der Waals surface area contributed by atoms with Gasteiger partial charge in [0.05, 0.1) is 26.2 Å². The van der Waals surface area contributed by atoms with E-state index in [0.717, 1.165) is 49.5 Å². The van der Waals surface area contributed by atoms with Crippen molar-refractivity contribution >= 4 is 11.8 Å². The van der Waals surface area contributed by atoms with Crippen molar-refractivity contribution in [3.05, 3.63) is 35.9 Å². The van der Waals surface area contributed by atoms with Crippen LogP contribution in [0.5, 0.6) is 0 Å². The van der Waals surface area contributed by atoms with E-state index in [2.05, 4.69) is 12.2 Å². The van der Waals surface area contributed by atoms with E-state index in [1.54, 1.807) is 0 Å². The molecule has 0 radical (unpaired) electrons. The fourth-order valence-corrected chi connectivity index (χ4v) is 7.35. The summed E-state index contributed by atoms with van der Waals surface area (Å²) < 4.78 is 0. The molecule has 1 atom stereocenters. The van der Waals surface area contributed by atoms with Crippen LogP contribution in [0.4, 0.5) is 0 Å². The Labute approximate surface area is 180 Å². The Kier molecular flexibility index (Phi) is 5.34. The van der Waals surface area contributed by atoms with E-state index in [-0.39, 0.29) is 11.8 Å². The van der Waals surface area contributed by atoms with E-state index in [9.17, 15) is 9.59 Å². The molecule has 1 aromatic carbocycles. The fraction of sp³-hybridized carbons (Fsp3) is 0.680. The predicted octanol–water partition coefficient (Wildman–Crippen LogP) is 1.75. The standard InChI is InChI=1S/C25H35N3O2/c1-18(25-14-19-11-20(15-25)13-21(12-19)16-25)26-23(29)17-27-7-9-28(10-8-27)24(30)22-5-3-2-4-6-22/h2-6,18-21H,7-17H2,1H3,(H,26,29)/p+1/t18-,19?,20?,21?,25?/m0/s1. The highest BCUT2D eigenvalue weighted by atomic mass is 16.2. The number of nitrogens with zero attached hydrogens (tertiary/aromatic N) is 1. The Balaban J connectivity index is 1.11. The second-order valence-electron chi connectivity index (χ2n) is 10.7. The zero-order chi connectivity index (χ0) is 20.7. The van der Waals surface area contributed by atoms with Crippen LogP contribution in [0.1, 0.15) is 55.8 Å². The summed E-state index contributed by atoms with van der Waals surface area (Å²) in [7, 11) is 0. The van der Waals surface area contributed by atoms with Gasteiger partial charge in [0, 0.05) is 11.6 Å². The lowest BCUT2D eigenvalue weighted by molar-refractivity contribution is -0.896. The van der Waals surface area contributed by atoms with Crippen LogP contribution >= 0.6 is 0 Å². The molecular formula is C25H36N3O2+. The maximum Gasteiger partial charge on any atom is 0.275 e. The molecule has 5 nitrogen and oxygen atoms in total. The van der Waals surface area contributed by atoms with E-state index in [4.69, 9.17) is 0 Å². The molecule has 4 aliphatic carbocycles. The van der Waals surface area contributed by atoms with Gasteiger partial charge in [-0.05, 0) is 80.8 Å². The van der Waals surface area contributed by atoms with Crippen molar-refractivity contribution in [3.63, 3.8) is 0 Å². The summed E-state index contributed by atoms with van der Waals surface area (Å²) >= 11 is 0. The second kappa shape index (κ2) is 7.99. The zero-order valence-corrected chi connectivity index (χ0v) is 18.2.